The molecule has 0 aromatic heterocycles. The number of aryl methyl sites for hydroxylation is 1. The molecule has 130 valence electrons. The van der Waals surface area contributed by atoms with E-state index in [9.17, 15) is 4.79 Å². The smallest absolute Gasteiger partial charge is 0.266 e. The molecule has 0 bridgehead atoms. The molecule has 1 fully saturated rings. The maximum atomic E-state index is 12.7. The fraction of sp³-hybridized carbons (Fsp3) is 0.500. The average molecular weight is 345 g/mol. The fourth-order valence-corrected chi connectivity index (χ4v) is 3.50. The van der Waals surface area contributed by atoms with Crippen molar-refractivity contribution in [1.29, 1.82) is 0 Å². The third-order valence-electron chi connectivity index (χ3n) is 4.07. The van der Waals surface area contributed by atoms with E-state index in [1.807, 2.05) is 11.0 Å². The fourth-order valence-electron chi connectivity index (χ4n) is 2.47. The maximum Gasteiger partial charge on any atom is 0.266 e. The second kappa shape index (κ2) is 9.67. The molecule has 1 heterocycles. The van der Waals surface area contributed by atoms with Gasteiger partial charge in [-0.25, -0.2) is 0 Å². The molecular weight excluding hydrogens is 316 g/mol. The minimum atomic E-state index is 0.100. The highest BCUT2D eigenvalue weighted by atomic mass is 32.2. The van der Waals surface area contributed by atoms with Crippen LogP contribution in [0, 0.1) is 0 Å². The van der Waals surface area contributed by atoms with Gasteiger partial charge < -0.3 is 0 Å². The van der Waals surface area contributed by atoms with E-state index in [-0.39, 0.29) is 5.91 Å². The quantitative estimate of drug-likeness (QED) is 0.484. The zero-order valence-electron chi connectivity index (χ0n) is 15.0. The lowest BCUT2D eigenvalue weighted by atomic mass is 10.1. The van der Waals surface area contributed by atoms with Gasteiger partial charge in [-0.2, -0.15) is 0 Å². The van der Waals surface area contributed by atoms with Crippen molar-refractivity contribution in [2.45, 2.75) is 52.9 Å². The molecule has 1 aliphatic rings. The van der Waals surface area contributed by atoms with Crippen molar-refractivity contribution in [1.82, 2.24) is 4.90 Å². The summed E-state index contributed by atoms with van der Waals surface area (Å²) in [6, 6.07) is 8.42. The average Bonchev–Trinajstić information content (AvgIpc) is 2.89. The summed E-state index contributed by atoms with van der Waals surface area (Å²) in [6.45, 7) is 8.02. The van der Waals surface area contributed by atoms with E-state index < -0.39 is 0 Å². The van der Waals surface area contributed by atoms with Crippen LogP contribution in [0.1, 0.15) is 57.6 Å². The van der Waals surface area contributed by atoms with Gasteiger partial charge >= 0.3 is 0 Å². The molecule has 1 aliphatic heterocycles. The Morgan fingerprint density at radius 1 is 1.08 bits per heavy atom. The number of amides is 1. The van der Waals surface area contributed by atoms with Crippen LogP contribution in [0.3, 0.4) is 0 Å². The van der Waals surface area contributed by atoms with Crippen LogP contribution in [0.25, 0.3) is 6.08 Å². The zero-order chi connectivity index (χ0) is 17.4. The first-order chi connectivity index (χ1) is 11.7. The molecule has 0 unspecified atom stereocenters. The van der Waals surface area contributed by atoms with Gasteiger partial charge in [-0.15, -0.1) is 0 Å². The second-order valence-electron chi connectivity index (χ2n) is 6.03. The molecule has 3 nitrogen and oxygen atoms in total. The van der Waals surface area contributed by atoms with Crippen LogP contribution in [-0.4, -0.2) is 29.1 Å². The number of nitrogens with zero attached hydrogens (tertiary/aromatic N) is 2. The Morgan fingerprint density at radius 2 is 1.79 bits per heavy atom. The Labute approximate surface area is 150 Å². The van der Waals surface area contributed by atoms with Crippen molar-refractivity contribution in [2.75, 3.05) is 13.1 Å². The summed E-state index contributed by atoms with van der Waals surface area (Å²) < 4.78 is 0. The number of hydrogen-bond donors (Lipinski definition) is 0. The minimum Gasteiger partial charge on any atom is -0.287 e. The lowest BCUT2D eigenvalue weighted by Gasteiger charge is -2.14. The van der Waals surface area contributed by atoms with Gasteiger partial charge in [0.25, 0.3) is 5.91 Å². The predicted molar refractivity (Wildman–Crippen MR) is 105 cm³/mol. The van der Waals surface area contributed by atoms with Gasteiger partial charge in [0, 0.05) is 13.1 Å². The Hall–Kier alpha value is -1.55. The van der Waals surface area contributed by atoms with Gasteiger partial charge in [0.2, 0.25) is 0 Å². The van der Waals surface area contributed by atoms with E-state index in [4.69, 9.17) is 0 Å². The molecule has 1 amide bonds. The molecule has 1 saturated heterocycles. The van der Waals surface area contributed by atoms with Crippen LogP contribution >= 0.6 is 11.8 Å². The van der Waals surface area contributed by atoms with Crippen LogP contribution in [0.5, 0.6) is 0 Å². The Kier molecular flexibility index (Phi) is 7.57. The van der Waals surface area contributed by atoms with Crippen molar-refractivity contribution in [3.63, 3.8) is 0 Å². The van der Waals surface area contributed by atoms with Crippen LogP contribution in [0.4, 0.5) is 0 Å². The van der Waals surface area contributed by atoms with Gasteiger partial charge in [-0.3, -0.25) is 14.7 Å². The van der Waals surface area contributed by atoms with E-state index in [0.717, 1.165) is 60.8 Å². The highest BCUT2D eigenvalue weighted by Gasteiger charge is 2.32. The summed E-state index contributed by atoms with van der Waals surface area (Å²) in [6.07, 6.45) is 7.30. The van der Waals surface area contributed by atoms with Gasteiger partial charge in [0.05, 0.1) is 4.91 Å². The summed E-state index contributed by atoms with van der Waals surface area (Å²) in [5.74, 6) is 0.100. The van der Waals surface area contributed by atoms with E-state index >= 15 is 0 Å². The molecule has 0 N–H and O–H groups in total. The molecule has 24 heavy (non-hydrogen) atoms. The number of unbranched alkanes of at least 4 members (excludes halogenated alkanes) is 2. The van der Waals surface area contributed by atoms with Crippen LogP contribution in [0.2, 0.25) is 0 Å². The molecule has 0 atom stereocenters. The maximum absolute atomic E-state index is 12.7. The Morgan fingerprint density at radius 3 is 2.42 bits per heavy atom. The summed E-state index contributed by atoms with van der Waals surface area (Å²) in [5, 5.41) is 0.873. The van der Waals surface area contributed by atoms with E-state index in [0.29, 0.717) is 0 Å². The SMILES string of the molecule is CCCCN=C1SC(=Cc2ccc(CC)cc2)C(=O)N1CCCC. The number of benzene rings is 1. The molecule has 0 aliphatic carbocycles. The highest BCUT2D eigenvalue weighted by Crippen LogP contribution is 2.32. The molecule has 0 saturated carbocycles. The molecular formula is C20H28N2OS. The topological polar surface area (TPSA) is 32.7 Å². The van der Waals surface area contributed by atoms with E-state index in [1.165, 1.54) is 17.3 Å². The standard InChI is InChI=1S/C20H28N2OS/c1-4-7-13-21-20-22(14-8-5-2)19(23)18(24-20)15-17-11-9-16(6-3)10-12-17/h9-12,15H,4-8,13-14H2,1-3H3. The van der Waals surface area contributed by atoms with Gasteiger partial charge in [-0.05, 0) is 48.2 Å². The number of hydrogen-bond acceptors (Lipinski definition) is 3. The summed E-state index contributed by atoms with van der Waals surface area (Å²) >= 11 is 1.52. The first kappa shape index (κ1) is 18.8. The van der Waals surface area contributed by atoms with Gasteiger partial charge in [0.1, 0.15) is 0 Å². The number of aliphatic imine (C=N–C) groups is 1. The first-order valence-corrected chi connectivity index (χ1v) is 9.86. The van der Waals surface area contributed by atoms with Crippen LogP contribution in [-0.2, 0) is 11.2 Å². The van der Waals surface area contributed by atoms with Gasteiger partial charge in [0.15, 0.2) is 5.17 Å². The molecule has 4 heteroatoms. The Balaban J connectivity index is 2.18. The van der Waals surface area contributed by atoms with Crippen molar-refractivity contribution in [2.24, 2.45) is 4.99 Å². The lowest BCUT2D eigenvalue weighted by molar-refractivity contribution is -0.122. The number of rotatable bonds is 8. The Bertz CT molecular complexity index is 605. The largest absolute Gasteiger partial charge is 0.287 e. The van der Waals surface area contributed by atoms with Crippen LogP contribution in [0.15, 0.2) is 34.2 Å². The summed E-state index contributed by atoms with van der Waals surface area (Å²) in [4.78, 5) is 20.0. The monoisotopic (exact) mass is 344 g/mol. The second-order valence-corrected chi connectivity index (χ2v) is 7.04. The van der Waals surface area contributed by atoms with Crippen molar-refractivity contribution in [3.05, 3.63) is 40.3 Å². The molecule has 1 aromatic rings. The summed E-state index contributed by atoms with van der Waals surface area (Å²) in [7, 11) is 0. The van der Waals surface area contributed by atoms with E-state index in [2.05, 4.69) is 50.0 Å². The van der Waals surface area contributed by atoms with Crippen molar-refractivity contribution in [3.8, 4) is 0 Å². The normalized spacial score (nSPS) is 18.1. The number of carbonyl (C=O) groups excluding carboxylic acids is 1. The molecule has 0 spiro atoms. The molecule has 0 radical (unpaired) electrons. The van der Waals surface area contributed by atoms with Gasteiger partial charge in [-0.1, -0.05) is 57.9 Å². The van der Waals surface area contributed by atoms with Crippen molar-refractivity contribution >= 4 is 28.9 Å². The number of amidine groups is 1. The van der Waals surface area contributed by atoms with Crippen LogP contribution < -0.4 is 0 Å². The number of thioether (sulfide) groups is 1. The van der Waals surface area contributed by atoms with E-state index in [1.54, 1.807) is 0 Å². The molecule has 1 aromatic carbocycles. The zero-order valence-corrected chi connectivity index (χ0v) is 15.9. The molecule has 2 rings (SSSR count). The lowest BCUT2D eigenvalue weighted by Crippen LogP contribution is -2.30. The number of carbonyl (C=O) groups is 1. The highest BCUT2D eigenvalue weighted by molar-refractivity contribution is 8.18. The first-order valence-electron chi connectivity index (χ1n) is 9.04. The third-order valence-corrected chi connectivity index (χ3v) is 5.11. The van der Waals surface area contributed by atoms with Crippen molar-refractivity contribution < 1.29 is 4.79 Å². The predicted octanol–water partition coefficient (Wildman–Crippen LogP) is 5.12. The summed E-state index contributed by atoms with van der Waals surface area (Å²) in [5.41, 5.74) is 2.39. The third kappa shape index (κ3) is 4.97. The minimum absolute atomic E-state index is 0.100.